The maximum absolute atomic E-state index is 6.21. The fourth-order valence-corrected chi connectivity index (χ4v) is 4.30. The molecule has 5 nitrogen and oxygen atoms in total. The van der Waals surface area contributed by atoms with Crippen LogP contribution in [0.5, 0.6) is 0 Å². The molecule has 2 saturated carbocycles. The minimum Gasteiger partial charge on any atom is -0.265 e. The number of halogens is 1. The fraction of sp³-hybridized carbons (Fsp3) is 0.350. The van der Waals surface area contributed by atoms with Crippen LogP contribution in [0, 0.1) is 5.92 Å². The Morgan fingerprint density at radius 2 is 2.08 bits per heavy atom. The lowest BCUT2D eigenvalue weighted by atomic mass is 10.0. The van der Waals surface area contributed by atoms with Crippen LogP contribution in [0.25, 0.3) is 16.6 Å². The van der Waals surface area contributed by atoms with Gasteiger partial charge < -0.3 is 0 Å². The van der Waals surface area contributed by atoms with Gasteiger partial charge in [0.15, 0.2) is 5.65 Å². The summed E-state index contributed by atoms with van der Waals surface area (Å²) in [5.41, 5.74) is 4.77. The molecular formula is C20H18ClN5. The Morgan fingerprint density at radius 1 is 1.15 bits per heavy atom. The first kappa shape index (κ1) is 14.7. The minimum atomic E-state index is 0.456. The highest BCUT2D eigenvalue weighted by Gasteiger charge is 2.41. The second-order valence-electron chi connectivity index (χ2n) is 7.65. The molecule has 0 saturated heterocycles. The number of aromatic nitrogens is 5. The zero-order valence-electron chi connectivity index (χ0n) is 14.2. The fourth-order valence-electron chi connectivity index (χ4n) is 4.10. The average Bonchev–Trinajstić information content (AvgIpc) is 3.53. The standard InChI is InChI=1S/C20H18ClN5/c21-19-9-17(20-22-5-6-25(20)24-19)16-8-15(16)13-3-4-14-10-23-26(18(14)7-13)11-12-1-2-12/h3-7,9-10,12,15-16H,1-2,8,11H2/t15-,16+/m1/s1. The van der Waals surface area contributed by atoms with Crippen molar-refractivity contribution in [2.75, 3.05) is 0 Å². The normalized spacial score (nSPS) is 22.3. The lowest BCUT2D eigenvalue weighted by molar-refractivity contribution is 0.580. The lowest BCUT2D eigenvalue weighted by Gasteiger charge is -2.06. The van der Waals surface area contributed by atoms with E-state index in [9.17, 15) is 0 Å². The summed E-state index contributed by atoms with van der Waals surface area (Å²) in [7, 11) is 0. The first-order chi connectivity index (χ1) is 12.8. The zero-order chi connectivity index (χ0) is 17.3. The van der Waals surface area contributed by atoms with E-state index in [-0.39, 0.29) is 0 Å². The summed E-state index contributed by atoms with van der Waals surface area (Å²) in [6, 6.07) is 8.77. The maximum atomic E-state index is 6.21. The number of rotatable bonds is 4. The van der Waals surface area contributed by atoms with Crippen molar-refractivity contribution in [1.82, 2.24) is 24.4 Å². The Labute approximate surface area is 155 Å². The van der Waals surface area contributed by atoms with Gasteiger partial charge in [-0.05, 0) is 54.7 Å². The molecule has 26 heavy (non-hydrogen) atoms. The quantitative estimate of drug-likeness (QED) is 0.539. The molecular weight excluding hydrogens is 346 g/mol. The predicted molar refractivity (Wildman–Crippen MR) is 101 cm³/mol. The van der Waals surface area contributed by atoms with Gasteiger partial charge in [0.05, 0.1) is 11.7 Å². The lowest BCUT2D eigenvalue weighted by Crippen LogP contribution is -2.01. The highest BCUT2D eigenvalue weighted by atomic mass is 35.5. The summed E-state index contributed by atoms with van der Waals surface area (Å²) < 4.78 is 3.96. The Balaban J connectivity index is 1.36. The van der Waals surface area contributed by atoms with Crippen LogP contribution < -0.4 is 0 Å². The number of fused-ring (bicyclic) bond motifs is 2. The average molecular weight is 364 g/mol. The highest BCUT2D eigenvalue weighted by Crippen LogP contribution is 2.55. The number of imidazole rings is 1. The van der Waals surface area contributed by atoms with Crippen LogP contribution in [0.1, 0.15) is 42.2 Å². The van der Waals surface area contributed by atoms with Gasteiger partial charge in [0.1, 0.15) is 5.15 Å². The molecule has 130 valence electrons. The molecule has 2 aliphatic carbocycles. The van der Waals surface area contributed by atoms with E-state index in [1.54, 1.807) is 10.7 Å². The second kappa shape index (κ2) is 5.30. The van der Waals surface area contributed by atoms with E-state index >= 15 is 0 Å². The Kier molecular flexibility index (Phi) is 3.00. The van der Waals surface area contributed by atoms with Crippen molar-refractivity contribution >= 4 is 28.2 Å². The number of nitrogens with zero attached hydrogens (tertiary/aromatic N) is 5. The van der Waals surface area contributed by atoms with Crippen LogP contribution in [-0.2, 0) is 6.54 Å². The van der Waals surface area contributed by atoms with E-state index in [0.29, 0.717) is 17.0 Å². The van der Waals surface area contributed by atoms with Gasteiger partial charge in [0.25, 0.3) is 0 Å². The molecule has 2 fully saturated rings. The Morgan fingerprint density at radius 3 is 2.96 bits per heavy atom. The van der Waals surface area contributed by atoms with Crippen LogP contribution in [0.2, 0.25) is 5.15 Å². The third-order valence-electron chi connectivity index (χ3n) is 5.77. The molecule has 0 N–H and O–H groups in total. The first-order valence-electron chi connectivity index (χ1n) is 9.21. The second-order valence-corrected chi connectivity index (χ2v) is 8.04. The van der Waals surface area contributed by atoms with Crippen LogP contribution in [0.15, 0.2) is 42.9 Å². The van der Waals surface area contributed by atoms with Crippen molar-refractivity contribution in [3.8, 4) is 0 Å². The van der Waals surface area contributed by atoms with E-state index in [2.05, 4.69) is 38.1 Å². The van der Waals surface area contributed by atoms with Gasteiger partial charge in [-0.3, -0.25) is 4.68 Å². The number of benzene rings is 1. The topological polar surface area (TPSA) is 48.0 Å². The van der Waals surface area contributed by atoms with Crippen molar-refractivity contribution in [3.63, 3.8) is 0 Å². The maximum Gasteiger partial charge on any atom is 0.157 e. The summed E-state index contributed by atoms with van der Waals surface area (Å²) in [4.78, 5) is 4.47. The van der Waals surface area contributed by atoms with Gasteiger partial charge in [-0.25, -0.2) is 9.50 Å². The van der Waals surface area contributed by atoms with Gasteiger partial charge in [-0.15, -0.1) is 0 Å². The Bertz CT molecular complexity index is 1140. The first-order valence-corrected chi connectivity index (χ1v) is 9.59. The largest absolute Gasteiger partial charge is 0.265 e. The summed E-state index contributed by atoms with van der Waals surface area (Å²) in [6.07, 6.45) is 9.43. The van der Waals surface area contributed by atoms with Gasteiger partial charge in [0, 0.05) is 29.9 Å². The number of hydrogen-bond acceptors (Lipinski definition) is 3. The summed E-state index contributed by atoms with van der Waals surface area (Å²) in [6.45, 7) is 1.05. The molecule has 0 bridgehead atoms. The molecule has 0 unspecified atom stereocenters. The molecule has 4 aromatic rings. The van der Waals surface area contributed by atoms with Gasteiger partial charge in [-0.2, -0.15) is 10.2 Å². The van der Waals surface area contributed by atoms with Crippen molar-refractivity contribution in [2.24, 2.45) is 5.92 Å². The van der Waals surface area contributed by atoms with E-state index in [1.165, 1.54) is 34.9 Å². The molecule has 0 amide bonds. The summed E-state index contributed by atoms with van der Waals surface area (Å²) in [5, 5.41) is 10.6. The van der Waals surface area contributed by atoms with Crippen LogP contribution in [-0.4, -0.2) is 24.4 Å². The van der Waals surface area contributed by atoms with E-state index < -0.39 is 0 Å². The molecule has 6 heteroatoms. The smallest absolute Gasteiger partial charge is 0.157 e. The van der Waals surface area contributed by atoms with E-state index in [0.717, 1.165) is 24.5 Å². The van der Waals surface area contributed by atoms with Crippen LogP contribution >= 0.6 is 11.6 Å². The van der Waals surface area contributed by atoms with Crippen molar-refractivity contribution in [1.29, 1.82) is 0 Å². The molecule has 0 radical (unpaired) electrons. The van der Waals surface area contributed by atoms with Crippen molar-refractivity contribution in [2.45, 2.75) is 37.6 Å². The number of hydrogen-bond donors (Lipinski definition) is 0. The van der Waals surface area contributed by atoms with E-state index in [4.69, 9.17) is 11.6 Å². The molecule has 2 aliphatic rings. The predicted octanol–water partition coefficient (Wildman–Crippen LogP) is 4.41. The SMILES string of the molecule is Clc1cc([C@H]2C[C@@H]2c2ccc3cnn(CC4CC4)c3c2)c2nccn2n1. The molecule has 2 atom stereocenters. The summed E-state index contributed by atoms with van der Waals surface area (Å²) >= 11 is 6.21. The van der Waals surface area contributed by atoms with Crippen molar-refractivity contribution < 1.29 is 0 Å². The van der Waals surface area contributed by atoms with Crippen LogP contribution in [0.3, 0.4) is 0 Å². The summed E-state index contributed by atoms with van der Waals surface area (Å²) in [5.74, 6) is 1.79. The Hall–Kier alpha value is -2.40. The van der Waals surface area contributed by atoms with Gasteiger partial charge in [0.2, 0.25) is 0 Å². The molecule has 3 aromatic heterocycles. The molecule has 3 heterocycles. The van der Waals surface area contributed by atoms with Gasteiger partial charge >= 0.3 is 0 Å². The van der Waals surface area contributed by atoms with Gasteiger partial charge in [-0.1, -0.05) is 23.7 Å². The monoisotopic (exact) mass is 363 g/mol. The molecule has 1 aromatic carbocycles. The zero-order valence-corrected chi connectivity index (χ0v) is 15.0. The van der Waals surface area contributed by atoms with Crippen molar-refractivity contribution in [3.05, 3.63) is 59.1 Å². The minimum absolute atomic E-state index is 0.456. The molecule has 0 spiro atoms. The van der Waals surface area contributed by atoms with E-state index in [1.807, 2.05) is 18.5 Å². The third kappa shape index (κ3) is 2.34. The highest BCUT2D eigenvalue weighted by molar-refractivity contribution is 6.29. The molecule has 0 aliphatic heterocycles. The van der Waals surface area contributed by atoms with Crippen LogP contribution in [0.4, 0.5) is 0 Å². The molecule has 6 rings (SSSR count). The third-order valence-corrected chi connectivity index (χ3v) is 5.96.